The lowest BCUT2D eigenvalue weighted by Crippen LogP contribution is -2.41. The summed E-state index contributed by atoms with van der Waals surface area (Å²) in [4.78, 5) is 22.1. The summed E-state index contributed by atoms with van der Waals surface area (Å²) in [5.74, 6) is -1.69. The molecule has 2 rings (SSSR count). The first-order valence-corrected chi connectivity index (χ1v) is 4.89. The largest absolute Gasteiger partial charge is 0.481 e. The van der Waals surface area contributed by atoms with Crippen molar-refractivity contribution in [1.29, 1.82) is 0 Å². The van der Waals surface area contributed by atoms with E-state index in [9.17, 15) is 9.59 Å². The Kier molecular flexibility index (Phi) is 1.90. The van der Waals surface area contributed by atoms with Gasteiger partial charge in [0.2, 0.25) is 0 Å². The minimum Gasteiger partial charge on any atom is -0.481 e. The molecule has 3 nitrogen and oxygen atoms in total. The van der Waals surface area contributed by atoms with Gasteiger partial charge < -0.3 is 5.11 Å². The fourth-order valence-electron chi connectivity index (χ4n) is 2.57. The van der Waals surface area contributed by atoms with Gasteiger partial charge in [0.25, 0.3) is 0 Å². The van der Waals surface area contributed by atoms with Crippen LogP contribution in [-0.2, 0) is 9.59 Å². The minimum absolute atomic E-state index is 0.0648. The van der Waals surface area contributed by atoms with Gasteiger partial charge in [-0.1, -0.05) is 6.42 Å². The minimum atomic E-state index is -0.920. The molecule has 72 valence electrons. The maximum Gasteiger partial charge on any atom is 0.314 e. The van der Waals surface area contributed by atoms with Crippen LogP contribution in [-0.4, -0.2) is 16.9 Å². The van der Waals surface area contributed by atoms with Crippen molar-refractivity contribution < 1.29 is 14.7 Å². The number of aliphatic carboxylic acids is 1. The molecule has 0 aromatic carbocycles. The van der Waals surface area contributed by atoms with E-state index in [-0.39, 0.29) is 11.2 Å². The summed E-state index contributed by atoms with van der Waals surface area (Å²) in [6.45, 7) is 0. The summed E-state index contributed by atoms with van der Waals surface area (Å²) >= 11 is 0. The van der Waals surface area contributed by atoms with E-state index in [1.807, 2.05) is 0 Å². The van der Waals surface area contributed by atoms with E-state index >= 15 is 0 Å². The summed E-state index contributed by atoms with van der Waals surface area (Å²) in [6, 6.07) is 0. The van der Waals surface area contributed by atoms with E-state index in [0.717, 1.165) is 19.3 Å². The zero-order valence-corrected chi connectivity index (χ0v) is 7.58. The predicted octanol–water partition coefficient (Wildman–Crippen LogP) is 1.61. The maximum absolute atomic E-state index is 11.3. The lowest BCUT2D eigenvalue weighted by atomic mass is 9.58. The second-order valence-corrected chi connectivity index (χ2v) is 4.41. The Balaban J connectivity index is 2.09. The van der Waals surface area contributed by atoms with Crippen LogP contribution in [0.2, 0.25) is 0 Å². The topological polar surface area (TPSA) is 54.4 Å². The predicted molar refractivity (Wildman–Crippen MR) is 46.3 cm³/mol. The summed E-state index contributed by atoms with van der Waals surface area (Å²) in [6.07, 6.45) is 5.47. The molecule has 3 heteroatoms. The number of carboxylic acid groups (broad SMARTS) is 1. The van der Waals surface area contributed by atoms with Gasteiger partial charge in [0.15, 0.2) is 0 Å². The quantitative estimate of drug-likeness (QED) is 0.627. The van der Waals surface area contributed by atoms with Gasteiger partial charge in [-0.2, -0.15) is 0 Å². The molecule has 0 radical (unpaired) electrons. The third-order valence-electron chi connectivity index (χ3n) is 3.64. The van der Waals surface area contributed by atoms with E-state index < -0.39 is 11.9 Å². The molecule has 2 fully saturated rings. The van der Waals surface area contributed by atoms with Crippen molar-refractivity contribution >= 4 is 11.8 Å². The Hall–Kier alpha value is -0.860. The van der Waals surface area contributed by atoms with Gasteiger partial charge >= 0.3 is 5.97 Å². The first-order valence-electron chi connectivity index (χ1n) is 4.89. The monoisotopic (exact) mass is 182 g/mol. The maximum atomic E-state index is 11.3. The van der Waals surface area contributed by atoms with E-state index in [1.54, 1.807) is 0 Å². The first kappa shape index (κ1) is 8.73. The summed E-state index contributed by atoms with van der Waals surface area (Å²) < 4.78 is 0. The smallest absolute Gasteiger partial charge is 0.314 e. The van der Waals surface area contributed by atoms with Crippen LogP contribution in [0.25, 0.3) is 0 Å². The zero-order valence-electron chi connectivity index (χ0n) is 7.58. The SMILES string of the molecule is O=C(O)[C@H]1CC2(CCC2)CCC1=O. The van der Waals surface area contributed by atoms with Gasteiger partial charge in [-0.05, 0) is 31.1 Å². The lowest BCUT2D eigenvalue weighted by Gasteiger charge is -2.46. The number of carbonyl (C=O) groups is 2. The molecule has 0 aromatic rings. The van der Waals surface area contributed by atoms with Crippen molar-refractivity contribution in [3.63, 3.8) is 0 Å². The molecule has 13 heavy (non-hydrogen) atoms. The van der Waals surface area contributed by atoms with Crippen LogP contribution in [0, 0.1) is 11.3 Å². The molecule has 0 heterocycles. The number of ketones is 1. The molecule has 2 aliphatic carbocycles. The summed E-state index contributed by atoms with van der Waals surface area (Å²) in [5, 5.41) is 8.84. The second kappa shape index (κ2) is 2.82. The van der Waals surface area contributed by atoms with E-state index in [2.05, 4.69) is 0 Å². The van der Waals surface area contributed by atoms with Gasteiger partial charge in [-0.3, -0.25) is 9.59 Å². The Bertz CT molecular complexity index is 253. The van der Waals surface area contributed by atoms with Gasteiger partial charge in [0, 0.05) is 6.42 Å². The Morgan fingerprint density at radius 3 is 2.54 bits per heavy atom. The average Bonchev–Trinajstić information content (AvgIpc) is 2.02. The van der Waals surface area contributed by atoms with Crippen LogP contribution >= 0.6 is 0 Å². The molecule has 2 aliphatic rings. The van der Waals surface area contributed by atoms with Crippen molar-refractivity contribution in [3.8, 4) is 0 Å². The lowest BCUT2D eigenvalue weighted by molar-refractivity contribution is -0.151. The number of carboxylic acids is 1. The second-order valence-electron chi connectivity index (χ2n) is 4.41. The molecule has 0 unspecified atom stereocenters. The molecule has 0 amide bonds. The highest BCUT2D eigenvalue weighted by Gasteiger charge is 2.46. The van der Waals surface area contributed by atoms with Crippen LogP contribution in [0.5, 0.6) is 0 Å². The molecule has 0 saturated heterocycles. The summed E-state index contributed by atoms with van der Waals surface area (Å²) in [5.41, 5.74) is 0.233. The van der Waals surface area contributed by atoms with Crippen molar-refractivity contribution in [2.45, 2.75) is 38.5 Å². The molecule has 0 aromatic heterocycles. The standard InChI is InChI=1S/C10H14O3/c11-8-2-5-10(3-1-4-10)6-7(8)9(12)13/h7H,1-6H2,(H,12,13)/t7-/m0/s1. The zero-order chi connectivity index (χ0) is 9.47. The molecule has 1 spiro atoms. The molecule has 1 N–H and O–H groups in total. The van der Waals surface area contributed by atoms with Crippen molar-refractivity contribution in [1.82, 2.24) is 0 Å². The Morgan fingerprint density at radius 1 is 1.38 bits per heavy atom. The fourth-order valence-corrected chi connectivity index (χ4v) is 2.57. The highest BCUT2D eigenvalue weighted by molar-refractivity contribution is 5.98. The number of hydrogen-bond acceptors (Lipinski definition) is 2. The van der Waals surface area contributed by atoms with Gasteiger partial charge in [-0.15, -0.1) is 0 Å². The van der Waals surface area contributed by atoms with Crippen LogP contribution < -0.4 is 0 Å². The highest BCUT2D eigenvalue weighted by Crippen LogP contribution is 2.52. The first-order chi connectivity index (χ1) is 6.13. The normalized spacial score (nSPS) is 31.4. The van der Waals surface area contributed by atoms with Gasteiger partial charge in [0.05, 0.1) is 0 Å². The fraction of sp³-hybridized carbons (Fsp3) is 0.800. The van der Waals surface area contributed by atoms with Crippen LogP contribution in [0.4, 0.5) is 0 Å². The Morgan fingerprint density at radius 2 is 2.08 bits per heavy atom. The molecule has 0 bridgehead atoms. The number of hydrogen-bond donors (Lipinski definition) is 1. The number of Topliss-reactive ketones (excluding diaryl/α,β-unsaturated/α-hetero) is 1. The average molecular weight is 182 g/mol. The van der Waals surface area contributed by atoms with Crippen molar-refractivity contribution in [2.24, 2.45) is 11.3 Å². The third kappa shape index (κ3) is 1.36. The van der Waals surface area contributed by atoms with E-state index in [0.29, 0.717) is 12.8 Å². The molecular weight excluding hydrogens is 168 g/mol. The molecular formula is C10H14O3. The van der Waals surface area contributed by atoms with Crippen LogP contribution in [0.15, 0.2) is 0 Å². The van der Waals surface area contributed by atoms with Crippen molar-refractivity contribution in [2.75, 3.05) is 0 Å². The molecule has 2 saturated carbocycles. The third-order valence-corrected chi connectivity index (χ3v) is 3.64. The highest BCUT2D eigenvalue weighted by atomic mass is 16.4. The van der Waals surface area contributed by atoms with E-state index in [4.69, 9.17) is 5.11 Å². The Labute approximate surface area is 77.1 Å². The van der Waals surface area contributed by atoms with Gasteiger partial charge in [-0.25, -0.2) is 0 Å². The van der Waals surface area contributed by atoms with Crippen LogP contribution in [0.3, 0.4) is 0 Å². The molecule has 0 aliphatic heterocycles. The van der Waals surface area contributed by atoms with Crippen LogP contribution in [0.1, 0.15) is 38.5 Å². The summed E-state index contributed by atoms with van der Waals surface area (Å²) in [7, 11) is 0. The van der Waals surface area contributed by atoms with E-state index in [1.165, 1.54) is 6.42 Å². The number of carbonyl (C=O) groups excluding carboxylic acids is 1. The molecule has 1 atom stereocenters. The van der Waals surface area contributed by atoms with Crippen molar-refractivity contribution in [3.05, 3.63) is 0 Å². The number of rotatable bonds is 1. The van der Waals surface area contributed by atoms with Gasteiger partial charge in [0.1, 0.15) is 11.7 Å².